The summed E-state index contributed by atoms with van der Waals surface area (Å²) in [5.74, 6) is -0.910. The number of nitrogens with zero attached hydrogens (tertiary/aromatic N) is 2. The van der Waals surface area contributed by atoms with E-state index in [9.17, 15) is 14.0 Å². The Balaban J connectivity index is 1.35. The van der Waals surface area contributed by atoms with Gasteiger partial charge in [0, 0.05) is 29.2 Å². The van der Waals surface area contributed by atoms with Crippen molar-refractivity contribution >= 4 is 55.9 Å². The molecule has 2 aromatic heterocycles. The van der Waals surface area contributed by atoms with Crippen molar-refractivity contribution < 1.29 is 18.7 Å². The molecule has 1 aliphatic carbocycles. The van der Waals surface area contributed by atoms with Gasteiger partial charge in [-0.2, -0.15) is 0 Å². The van der Waals surface area contributed by atoms with Gasteiger partial charge in [0.1, 0.15) is 21.9 Å². The van der Waals surface area contributed by atoms with Crippen LogP contribution in [0.2, 0.25) is 5.02 Å². The molecule has 37 heavy (non-hydrogen) atoms. The number of rotatable bonds is 7. The van der Waals surface area contributed by atoms with E-state index in [-0.39, 0.29) is 34.2 Å². The van der Waals surface area contributed by atoms with Crippen LogP contribution in [0.25, 0.3) is 10.3 Å². The molecule has 2 aromatic carbocycles. The van der Waals surface area contributed by atoms with Crippen molar-refractivity contribution in [3.8, 4) is 11.6 Å². The predicted molar refractivity (Wildman–Crippen MR) is 142 cm³/mol. The van der Waals surface area contributed by atoms with Crippen LogP contribution in [0.15, 0.2) is 48.5 Å². The van der Waals surface area contributed by atoms with Crippen LogP contribution < -0.4 is 21.1 Å². The molecule has 11 heteroatoms. The first-order valence-corrected chi connectivity index (χ1v) is 12.7. The number of thiazole rings is 1. The molecule has 0 unspecified atom stereocenters. The first-order valence-electron chi connectivity index (χ1n) is 11.5. The fraction of sp³-hybridized carbons (Fsp3) is 0.231. The number of amides is 2. The van der Waals surface area contributed by atoms with Gasteiger partial charge < -0.3 is 21.1 Å². The van der Waals surface area contributed by atoms with Crippen molar-refractivity contribution in [3.63, 3.8) is 0 Å². The van der Waals surface area contributed by atoms with E-state index in [0.717, 1.165) is 24.5 Å². The summed E-state index contributed by atoms with van der Waals surface area (Å²) in [6.45, 7) is 3.66. The molecule has 0 atom stereocenters. The summed E-state index contributed by atoms with van der Waals surface area (Å²) in [6, 6.07) is 12.5. The lowest BCUT2D eigenvalue weighted by molar-refractivity contribution is -0.117. The number of benzene rings is 2. The maximum atomic E-state index is 14.7. The number of carbonyl (C=O) groups is 2. The molecule has 8 nitrogen and oxygen atoms in total. The number of anilines is 2. The molecule has 0 saturated heterocycles. The molecule has 0 aliphatic heterocycles. The van der Waals surface area contributed by atoms with Gasteiger partial charge in [0.15, 0.2) is 5.13 Å². The standard InChI is InChI=1S/C26H23ClFN5O3S/c1-26(2,29)15-5-3-4-14(10-15)23(35)30-19-12-20(16(27)11-17(19)28)36-21-9-8-18-24(32-21)37-25(31-18)33-22(34)13-6-7-13/h3-5,8-13H,6-7,29H2,1-2H3,(H,30,35)(H,31,33,34). The van der Waals surface area contributed by atoms with Crippen LogP contribution in [-0.2, 0) is 10.3 Å². The van der Waals surface area contributed by atoms with E-state index in [0.29, 0.717) is 21.0 Å². The summed E-state index contributed by atoms with van der Waals surface area (Å²) in [4.78, 5) is 34.2. The van der Waals surface area contributed by atoms with Crippen LogP contribution in [-0.4, -0.2) is 21.8 Å². The average molecular weight is 540 g/mol. The van der Waals surface area contributed by atoms with E-state index in [2.05, 4.69) is 20.6 Å². The van der Waals surface area contributed by atoms with Gasteiger partial charge in [-0.1, -0.05) is 35.1 Å². The minimum absolute atomic E-state index is 0.00552. The minimum Gasteiger partial charge on any atom is -0.437 e. The Hall–Kier alpha value is -3.60. The number of hydrogen-bond acceptors (Lipinski definition) is 7. The number of carbonyl (C=O) groups excluding carboxylic acids is 2. The van der Waals surface area contributed by atoms with Crippen molar-refractivity contribution in [2.24, 2.45) is 11.7 Å². The van der Waals surface area contributed by atoms with Gasteiger partial charge in [0.25, 0.3) is 5.91 Å². The Morgan fingerprint density at radius 3 is 2.65 bits per heavy atom. The van der Waals surface area contributed by atoms with Crippen LogP contribution in [0.1, 0.15) is 42.6 Å². The molecule has 1 fully saturated rings. The fourth-order valence-corrected chi connectivity index (χ4v) is 4.56. The maximum Gasteiger partial charge on any atom is 0.255 e. The first kappa shape index (κ1) is 25.1. The number of nitrogens with two attached hydrogens (primary N) is 1. The Bertz CT molecular complexity index is 1530. The summed E-state index contributed by atoms with van der Waals surface area (Å²) < 4.78 is 20.5. The Labute approximate surface area is 221 Å². The molecule has 4 aromatic rings. The lowest BCUT2D eigenvalue weighted by atomic mass is 9.94. The molecule has 1 saturated carbocycles. The molecule has 0 spiro atoms. The highest BCUT2D eigenvalue weighted by molar-refractivity contribution is 7.21. The largest absolute Gasteiger partial charge is 0.437 e. The Morgan fingerprint density at radius 2 is 1.92 bits per heavy atom. The number of nitrogens with one attached hydrogen (secondary N) is 2. The number of pyridine rings is 1. The van der Waals surface area contributed by atoms with Crippen LogP contribution in [0.5, 0.6) is 11.6 Å². The van der Waals surface area contributed by atoms with Crippen LogP contribution in [0.4, 0.5) is 15.2 Å². The minimum atomic E-state index is -0.720. The van der Waals surface area contributed by atoms with E-state index in [1.165, 1.54) is 17.4 Å². The average Bonchev–Trinajstić information content (AvgIpc) is 3.62. The molecule has 0 bridgehead atoms. The van der Waals surface area contributed by atoms with Gasteiger partial charge in [-0.15, -0.1) is 0 Å². The third-order valence-electron chi connectivity index (χ3n) is 5.76. The van der Waals surface area contributed by atoms with Gasteiger partial charge in [0.05, 0.1) is 10.7 Å². The molecular weight excluding hydrogens is 517 g/mol. The van der Waals surface area contributed by atoms with E-state index in [1.807, 2.05) is 19.9 Å². The van der Waals surface area contributed by atoms with Gasteiger partial charge in [-0.3, -0.25) is 9.59 Å². The van der Waals surface area contributed by atoms with Crippen molar-refractivity contribution in [1.82, 2.24) is 9.97 Å². The van der Waals surface area contributed by atoms with E-state index in [1.54, 1.807) is 30.3 Å². The molecule has 0 radical (unpaired) electrons. The quantitative estimate of drug-likeness (QED) is 0.262. The van der Waals surface area contributed by atoms with E-state index in [4.69, 9.17) is 22.1 Å². The van der Waals surface area contributed by atoms with Crippen LogP contribution in [0, 0.1) is 11.7 Å². The Kier molecular flexibility index (Phi) is 6.57. The third-order valence-corrected chi connectivity index (χ3v) is 6.94. The van der Waals surface area contributed by atoms with E-state index < -0.39 is 17.3 Å². The molecule has 4 N–H and O–H groups in total. The number of aromatic nitrogens is 2. The second-order valence-electron chi connectivity index (χ2n) is 9.38. The molecule has 2 heterocycles. The lowest BCUT2D eigenvalue weighted by Crippen LogP contribution is -2.29. The number of ether oxygens (including phenoxy) is 1. The number of halogens is 2. The van der Waals surface area contributed by atoms with Gasteiger partial charge in [-0.25, -0.2) is 14.4 Å². The first-order chi connectivity index (χ1) is 17.6. The van der Waals surface area contributed by atoms with Crippen molar-refractivity contribution in [2.75, 3.05) is 10.6 Å². The highest BCUT2D eigenvalue weighted by Crippen LogP contribution is 2.36. The molecule has 190 valence electrons. The zero-order valence-electron chi connectivity index (χ0n) is 20.0. The van der Waals surface area contributed by atoms with Crippen molar-refractivity contribution in [2.45, 2.75) is 32.2 Å². The van der Waals surface area contributed by atoms with Crippen molar-refractivity contribution in [1.29, 1.82) is 0 Å². The summed E-state index contributed by atoms with van der Waals surface area (Å²) in [7, 11) is 0. The third kappa shape index (κ3) is 5.71. The van der Waals surface area contributed by atoms with Gasteiger partial charge in [-0.05, 0) is 56.5 Å². The fourth-order valence-electron chi connectivity index (χ4n) is 3.53. The maximum absolute atomic E-state index is 14.7. The number of fused-ring (bicyclic) bond motifs is 1. The number of hydrogen-bond donors (Lipinski definition) is 3. The topological polar surface area (TPSA) is 119 Å². The summed E-state index contributed by atoms with van der Waals surface area (Å²) in [5, 5.41) is 5.84. The zero-order valence-corrected chi connectivity index (χ0v) is 21.5. The van der Waals surface area contributed by atoms with Gasteiger partial charge in [0.2, 0.25) is 11.8 Å². The van der Waals surface area contributed by atoms with Crippen molar-refractivity contribution in [3.05, 3.63) is 70.5 Å². The summed E-state index contributed by atoms with van der Waals surface area (Å²) in [5.41, 5.74) is 7.08. The summed E-state index contributed by atoms with van der Waals surface area (Å²) >= 11 is 7.44. The van der Waals surface area contributed by atoms with E-state index >= 15 is 0 Å². The monoisotopic (exact) mass is 539 g/mol. The molecular formula is C26H23ClFN5O3S. The highest BCUT2D eigenvalue weighted by Gasteiger charge is 2.30. The normalized spacial score (nSPS) is 13.4. The molecule has 1 aliphatic rings. The lowest BCUT2D eigenvalue weighted by Gasteiger charge is -2.19. The second-order valence-corrected chi connectivity index (χ2v) is 10.8. The smallest absolute Gasteiger partial charge is 0.255 e. The second kappa shape index (κ2) is 9.70. The van der Waals surface area contributed by atoms with Gasteiger partial charge >= 0.3 is 0 Å². The highest BCUT2D eigenvalue weighted by atomic mass is 35.5. The molecule has 2 amide bonds. The van der Waals surface area contributed by atoms with Crippen LogP contribution >= 0.6 is 22.9 Å². The Morgan fingerprint density at radius 1 is 1.14 bits per heavy atom. The van der Waals surface area contributed by atoms with Crippen LogP contribution in [0.3, 0.4) is 0 Å². The zero-order chi connectivity index (χ0) is 26.3. The summed E-state index contributed by atoms with van der Waals surface area (Å²) in [6.07, 6.45) is 1.79. The molecule has 5 rings (SSSR count). The SMILES string of the molecule is CC(C)(N)c1cccc(C(=O)Nc2cc(Oc3ccc4nc(NC(=O)C5CC5)sc4n3)c(Cl)cc2F)c1. The predicted octanol–water partition coefficient (Wildman–Crippen LogP) is 6.07.